The molecule has 0 bridgehead atoms. The first-order valence-corrected chi connectivity index (χ1v) is 6.87. The second-order valence-corrected chi connectivity index (χ2v) is 6.41. The minimum atomic E-state index is 0.174. The summed E-state index contributed by atoms with van der Waals surface area (Å²) < 4.78 is 5.67. The number of hydrogen-bond donors (Lipinski definition) is 1. The summed E-state index contributed by atoms with van der Waals surface area (Å²) in [4.78, 5) is 0. The Hall–Kier alpha value is -0.0800. The summed E-state index contributed by atoms with van der Waals surface area (Å²) in [6.45, 7) is 5.87. The lowest BCUT2D eigenvalue weighted by molar-refractivity contribution is -0.0738. The van der Waals surface area contributed by atoms with Gasteiger partial charge < -0.3 is 10.1 Å². The highest BCUT2D eigenvalue weighted by Crippen LogP contribution is 2.38. The van der Waals surface area contributed by atoms with E-state index >= 15 is 0 Å². The second-order valence-electron chi connectivity index (χ2n) is 6.41. The van der Waals surface area contributed by atoms with Crippen LogP contribution in [0.15, 0.2) is 0 Å². The van der Waals surface area contributed by atoms with E-state index in [9.17, 15) is 0 Å². The normalized spacial score (nSPS) is 32.1. The monoisotopic (exact) mass is 225 g/mol. The maximum absolute atomic E-state index is 5.67. The SMILES string of the molecule is COC1(CNC2CCCCC2(C)C)CCC1. The quantitative estimate of drug-likeness (QED) is 0.794. The first kappa shape index (κ1) is 12.4. The first-order chi connectivity index (χ1) is 7.58. The second kappa shape index (κ2) is 4.66. The maximum Gasteiger partial charge on any atom is 0.0802 e. The molecule has 0 amide bonds. The number of hydrogen-bond acceptors (Lipinski definition) is 2. The summed E-state index contributed by atoms with van der Waals surface area (Å²) in [7, 11) is 1.87. The summed E-state index contributed by atoms with van der Waals surface area (Å²) in [5, 5.41) is 3.78. The Morgan fingerprint density at radius 1 is 1.12 bits per heavy atom. The minimum Gasteiger partial charge on any atom is -0.377 e. The van der Waals surface area contributed by atoms with Crippen LogP contribution >= 0.6 is 0 Å². The van der Waals surface area contributed by atoms with Gasteiger partial charge in [0.1, 0.15) is 0 Å². The van der Waals surface area contributed by atoms with Gasteiger partial charge in [0, 0.05) is 19.7 Å². The molecule has 0 spiro atoms. The number of nitrogens with one attached hydrogen (secondary N) is 1. The van der Waals surface area contributed by atoms with E-state index in [1.54, 1.807) is 0 Å². The van der Waals surface area contributed by atoms with E-state index in [2.05, 4.69) is 19.2 Å². The van der Waals surface area contributed by atoms with Crippen molar-refractivity contribution in [3.8, 4) is 0 Å². The van der Waals surface area contributed by atoms with Gasteiger partial charge in [0.2, 0.25) is 0 Å². The van der Waals surface area contributed by atoms with Crippen LogP contribution in [0.4, 0.5) is 0 Å². The molecule has 2 aliphatic rings. The van der Waals surface area contributed by atoms with Crippen molar-refractivity contribution in [2.24, 2.45) is 5.41 Å². The molecule has 2 nitrogen and oxygen atoms in total. The summed E-state index contributed by atoms with van der Waals surface area (Å²) >= 11 is 0. The standard InChI is InChI=1S/C14H27NO/c1-13(2)8-5-4-7-12(13)15-11-14(16-3)9-6-10-14/h12,15H,4-11H2,1-3H3. The van der Waals surface area contributed by atoms with Crippen molar-refractivity contribution < 1.29 is 4.74 Å². The highest BCUT2D eigenvalue weighted by atomic mass is 16.5. The topological polar surface area (TPSA) is 21.3 Å². The lowest BCUT2D eigenvalue weighted by Gasteiger charge is -2.45. The Balaban J connectivity index is 1.84. The average molecular weight is 225 g/mol. The van der Waals surface area contributed by atoms with Crippen molar-refractivity contribution in [3.05, 3.63) is 0 Å². The molecule has 2 rings (SSSR count). The van der Waals surface area contributed by atoms with Gasteiger partial charge in [0.05, 0.1) is 5.60 Å². The van der Waals surface area contributed by atoms with Crippen LogP contribution < -0.4 is 5.32 Å². The molecule has 0 aromatic heterocycles. The molecule has 2 aliphatic carbocycles. The Morgan fingerprint density at radius 3 is 2.38 bits per heavy atom. The third-order valence-corrected chi connectivity index (χ3v) is 4.88. The Bertz CT molecular complexity index is 227. The number of methoxy groups -OCH3 is 1. The molecule has 1 N–H and O–H groups in total. The van der Waals surface area contributed by atoms with E-state index < -0.39 is 0 Å². The molecule has 0 aromatic rings. The van der Waals surface area contributed by atoms with Gasteiger partial charge in [-0.1, -0.05) is 26.7 Å². The summed E-state index contributed by atoms with van der Waals surface area (Å²) in [6.07, 6.45) is 9.32. The van der Waals surface area contributed by atoms with Gasteiger partial charge in [-0.2, -0.15) is 0 Å². The minimum absolute atomic E-state index is 0.174. The van der Waals surface area contributed by atoms with Crippen LogP contribution in [-0.4, -0.2) is 25.3 Å². The Labute approximate surface area is 100 Å². The molecule has 94 valence electrons. The van der Waals surface area contributed by atoms with E-state index in [0.29, 0.717) is 11.5 Å². The molecule has 1 unspecified atom stereocenters. The van der Waals surface area contributed by atoms with Crippen molar-refractivity contribution in [1.82, 2.24) is 5.32 Å². The summed E-state index contributed by atoms with van der Waals surface area (Å²) in [6, 6.07) is 0.689. The van der Waals surface area contributed by atoms with Crippen molar-refractivity contribution >= 4 is 0 Å². The highest BCUT2D eigenvalue weighted by Gasteiger charge is 2.39. The predicted molar refractivity (Wildman–Crippen MR) is 67.6 cm³/mol. The molecule has 2 saturated carbocycles. The molecule has 16 heavy (non-hydrogen) atoms. The van der Waals surface area contributed by atoms with Gasteiger partial charge in [-0.3, -0.25) is 0 Å². The van der Waals surface area contributed by atoms with Gasteiger partial charge in [-0.05, 0) is 37.5 Å². The first-order valence-electron chi connectivity index (χ1n) is 6.87. The fourth-order valence-corrected chi connectivity index (χ4v) is 3.21. The smallest absolute Gasteiger partial charge is 0.0802 e. The van der Waals surface area contributed by atoms with Crippen LogP contribution in [0.25, 0.3) is 0 Å². The summed E-state index contributed by atoms with van der Waals surface area (Å²) in [5.74, 6) is 0. The maximum atomic E-state index is 5.67. The molecule has 2 heteroatoms. The van der Waals surface area contributed by atoms with Crippen molar-refractivity contribution in [1.29, 1.82) is 0 Å². The molecule has 1 atom stereocenters. The van der Waals surface area contributed by atoms with Gasteiger partial charge in [-0.15, -0.1) is 0 Å². The molecule has 0 aromatic carbocycles. The molecule has 0 heterocycles. The third kappa shape index (κ3) is 2.43. The zero-order valence-electron chi connectivity index (χ0n) is 11.1. The lowest BCUT2D eigenvalue weighted by Crippen LogP contribution is -2.54. The van der Waals surface area contributed by atoms with Crippen LogP contribution in [0.2, 0.25) is 0 Å². The van der Waals surface area contributed by atoms with Crippen molar-refractivity contribution in [3.63, 3.8) is 0 Å². The van der Waals surface area contributed by atoms with E-state index in [0.717, 1.165) is 6.54 Å². The zero-order chi connectivity index (χ0) is 11.6. The molecule has 2 fully saturated rings. The van der Waals surface area contributed by atoms with E-state index in [4.69, 9.17) is 4.74 Å². The van der Waals surface area contributed by atoms with Gasteiger partial charge in [-0.25, -0.2) is 0 Å². The highest BCUT2D eigenvalue weighted by molar-refractivity contribution is 4.95. The largest absolute Gasteiger partial charge is 0.377 e. The summed E-state index contributed by atoms with van der Waals surface area (Å²) in [5.41, 5.74) is 0.643. The number of ether oxygens (including phenoxy) is 1. The van der Waals surface area contributed by atoms with Crippen LogP contribution in [0.3, 0.4) is 0 Å². The van der Waals surface area contributed by atoms with Crippen LogP contribution in [-0.2, 0) is 4.74 Å². The van der Waals surface area contributed by atoms with E-state index in [-0.39, 0.29) is 5.60 Å². The van der Waals surface area contributed by atoms with Gasteiger partial charge in [0.25, 0.3) is 0 Å². The van der Waals surface area contributed by atoms with Crippen molar-refractivity contribution in [2.75, 3.05) is 13.7 Å². The fourth-order valence-electron chi connectivity index (χ4n) is 3.21. The molecular formula is C14H27NO. The van der Waals surface area contributed by atoms with Crippen LogP contribution in [0.5, 0.6) is 0 Å². The fraction of sp³-hybridized carbons (Fsp3) is 1.00. The molecule has 0 radical (unpaired) electrons. The predicted octanol–water partition coefficient (Wildman–Crippen LogP) is 3.11. The third-order valence-electron chi connectivity index (χ3n) is 4.88. The zero-order valence-corrected chi connectivity index (χ0v) is 11.1. The van der Waals surface area contributed by atoms with Crippen LogP contribution in [0.1, 0.15) is 58.8 Å². The van der Waals surface area contributed by atoms with E-state index in [1.807, 2.05) is 7.11 Å². The Kier molecular flexibility index (Phi) is 3.60. The lowest BCUT2D eigenvalue weighted by atomic mass is 9.72. The molecule has 0 aliphatic heterocycles. The Morgan fingerprint density at radius 2 is 1.88 bits per heavy atom. The number of rotatable bonds is 4. The molecule has 0 saturated heterocycles. The molecular weight excluding hydrogens is 198 g/mol. The average Bonchev–Trinajstić information content (AvgIpc) is 2.19. The van der Waals surface area contributed by atoms with Gasteiger partial charge in [0.15, 0.2) is 0 Å². The van der Waals surface area contributed by atoms with Crippen LogP contribution in [0, 0.1) is 5.41 Å². The van der Waals surface area contributed by atoms with Crippen molar-refractivity contribution in [2.45, 2.75) is 70.4 Å². The van der Waals surface area contributed by atoms with Gasteiger partial charge >= 0.3 is 0 Å². The van der Waals surface area contributed by atoms with E-state index in [1.165, 1.54) is 44.9 Å².